The molecule has 0 bridgehead atoms. The second-order valence-corrected chi connectivity index (χ2v) is 7.28. The number of nitrogens with zero attached hydrogens (tertiary/aromatic N) is 2. The maximum Gasteiger partial charge on any atom is 0.293 e. The summed E-state index contributed by atoms with van der Waals surface area (Å²) in [7, 11) is 1.57. The van der Waals surface area contributed by atoms with Gasteiger partial charge in [-0.15, -0.1) is 0 Å². The molecule has 2 aromatic rings. The fraction of sp³-hybridized carbons (Fsp3) is 0.105. The van der Waals surface area contributed by atoms with Crippen LogP contribution in [0.4, 0.5) is 4.79 Å². The number of thioether (sulfide) groups is 1. The van der Waals surface area contributed by atoms with Crippen molar-refractivity contribution in [2.24, 2.45) is 0 Å². The van der Waals surface area contributed by atoms with Gasteiger partial charge in [0.25, 0.3) is 11.1 Å². The minimum Gasteiger partial charge on any atom is -0.496 e. The predicted molar refractivity (Wildman–Crippen MR) is 103 cm³/mol. The van der Waals surface area contributed by atoms with Gasteiger partial charge in [-0.3, -0.25) is 14.5 Å². The first-order valence-electron chi connectivity index (χ1n) is 7.60. The minimum absolute atomic E-state index is 0.0814. The van der Waals surface area contributed by atoms with Crippen molar-refractivity contribution in [1.29, 1.82) is 5.26 Å². The Morgan fingerprint density at radius 3 is 2.73 bits per heavy atom. The van der Waals surface area contributed by atoms with Crippen LogP contribution in [0.1, 0.15) is 16.7 Å². The predicted octanol–water partition coefficient (Wildman–Crippen LogP) is 4.57. The normalized spacial score (nSPS) is 15.4. The summed E-state index contributed by atoms with van der Waals surface area (Å²) in [5, 5.41) is 8.82. The largest absolute Gasteiger partial charge is 0.496 e. The van der Waals surface area contributed by atoms with Gasteiger partial charge in [0, 0.05) is 0 Å². The molecule has 5 nitrogen and oxygen atoms in total. The summed E-state index contributed by atoms with van der Waals surface area (Å²) in [6.07, 6.45) is 1.67. The smallest absolute Gasteiger partial charge is 0.293 e. The molecular weight excluding hydrogens is 416 g/mol. The first kappa shape index (κ1) is 18.2. The van der Waals surface area contributed by atoms with Crippen LogP contribution in [0.25, 0.3) is 6.08 Å². The molecule has 0 unspecified atom stereocenters. The Labute approximate surface area is 163 Å². The Balaban J connectivity index is 1.85. The molecular formula is C19H13BrN2O3S. The van der Waals surface area contributed by atoms with E-state index in [9.17, 15) is 14.9 Å². The van der Waals surface area contributed by atoms with Gasteiger partial charge in [-0.2, -0.15) is 5.26 Å². The molecule has 0 spiro atoms. The summed E-state index contributed by atoms with van der Waals surface area (Å²) in [5.74, 6) is 0.322. The number of imide groups is 1. The summed E-state index contributed by atoms with van der Waals surface area (Å²) >= 11 is 4.30. The van der Waals surface area contributed by atoms with Crippen LogP contribution in [0.5, 0.6) is 5.75 Å². The monoisotopic (exact) mass is 428 g/mol. The Morgan fingerprint density at radius 2 is 2.04 bits per heavy atom. The zero-order valence-electron chi connectivity index (χ0n) is 13.7. The molecule has 3 rings (SSSR count). The highest BCUT2D eigenvalue weighted by atomic mass is 79.9. The van der Waals surface area contributed by atoms with Gasteiger partial charge in [0.1, 0.15) is 5.75 Å². The average Bonchev–Trinajstić information content (AvgIpc) is 2.90. The van der Waals surface area contributed by atoms with Gasteiger partial charge in [0.05, 0.1) is 34.7 Å². The van der Waals surface area contributed by atoms with Gasteiger partial charge in [-0.05, 0) is 63.1 Å². The lowest BCUT2D eigenvalue weighted by Crippen LogP contribution is -2.27. The van der Waals surface area contributed by atoms with Gasteiger partial charge >= 0.3 is 0 Å². The van der Waals surface area contributed by atoms with Crippen LogP contribution in [0.2, 0.25) is 0 Å². The van der Waals surface area contributed by atoms with Crippen LogP contribution >= 0.6 is 27.7 Å². The standard InChI is InChI=1S/C19H13BrN2O3S/c1-25-16-7-6-12(8-15(16)20)9-17-18(23)22(19(24)26-17)11-14-5-3-2-4-13(14)10-21/h2-9H,11H2,1H3/b17-9+. The lowest BCUT2D eigenvalue weighted by atomic mass is 10.1. The van der Waals surface area contributed by atoms with E-state index in [0.29, 0.717) is 21.8 Å². The number of hydrogen-bond donors (Lipinski definition) is 0. The van der Waals surface area contributed by atoms with E-state index < -0.39 is 0 Å². The number of rotatable bonds is 4. The first-order valence-corrected chi connectivity index (χ1v) is 9.21. The van der Waals surface area contributed by atoms with Gasteiger partial charge < -0.3 is 4.74 Å². The number of ether oxygens (including phenoxy) is 1. The Hall–Kier alpha value is -2.56. The summed E-state index contributed by atoms with van der Waals surface area (Å²) in [4.78, 5) is 26.4. The fourth-order valence-corrected chi connectivity index (χ4v) is 3.89. The number of benzene rings is 2. The van der Waals surface area contributed by atoms with Crippen LogP contribution in [0.15, 0.2) is 51.8 Å². The average molecular weight is 429 g/mol. The molecule has 0 aliphatic carbocycles. The second-order valence-electron chi connectivity index (χ2n) is 5.43. The third-order valence-corrected chi connectivity index (χ3v) is 5.34. The molecule has 0 radical (unpaired) electrons. The van der Waals surface area contributed by atoms with Gasteiger partial charge in [-0.1, -0.05) is 24.3 Å². The molecule has 0 atom stereocenters. The maximum absolute atomic E-state index is 12.6. The molecule has 2 aromatic carbocycles. The molecule has 0 N–H and O–H groups in total. The number of halogens is 1. The van der Waals surface area contributed by atoms with Crippen LogP contribution in [-0.2, 0) is 11.3 Å². The molecule has 2 amide bonds. The van der Waals surface area contributed by atoms with Crippen LogP contribution in [-0.4, -0.2) is 23.2 Å². The van der Waals surface area contributed by atoms with E-state index in [1.54, 1.807) is 43.5 Å². The van der Waals surface area contributed by atoms with E-state index in [1.807, 2.05) is 12.1 Å². The third kappa shape index (κ3) is 3.66. The van der Waals surface area contributed by atoms with Gasteiger partial charge in [0.15, 0.2) is 0 Å². The van der Waals surface area contributed by atoms with Crippen molar-refractivity contribution in [3.63, 3.8) is 0 Å². The lowest BCUT2D eigenvalue weighted by Gasteiger charge is -2.13. The van der Waals surface area contributed by atoms with Crippen molar-refractivity contribution >= 4 is 44.9 Å². The Kier molecular flexibility index (Phi) is 5.45. The lowest BCUT2D eigenvalue weighted by molar-refractivity contribution is -0.123. The number of carbonyl (C=O) groups excluding carboxylic acids is 2. The number of carbonyl (C=O) groups is 2. The number of methoxy groups -OCH3 is 1. The molecule has 1 saturated heterocycles. The molecule has 1 fully saturated rings. The van der Waals surface area contributed by atoms with Gasteiger partial charge in [-0.25, -0.2) is 0 Å². The summed E-state index contributed by atoms with van der Waals surface area (Å²) in [6.45, 7) is 0.0814. The van der Waals surface area contributed by atoms with Crippen molar-refractivity contribution in [2.45, 2.75) is 6.54 Å². The second kappa shape index (κ2) is 7.77. The van der Waals surface area contributed by atoms with E-state index in [2.05, 4.69) is 22.0 Å². The van der Waals surface area contributed by atoms with Crippen molar-refractivity contribution in [2.75, 3.05) is 7.11 Å². The third-order valence-electron chi connectivity index (χ3n) is 3.81. The quantitative estimate of drug-likeness (QED) is 0.667. The molecule has 130 valence electrons. The zero-order chi connectivity index (χ0) is 18.7. The highest BCUT2D eigenvalue weighted by Gasteiger charge is 2.35. The summed E-state index contributed by atoms with van der Waals surface area (Å²) in [6, 6.07) is 14.4. The Morgan fingerprint density at radius 1 is 1.27 bits per heavy atom. The number of hydrogen-bond acceptors (Lipinski definition) is 5. The zero-order valence-corrected chi connectivity index (χ0v) is 16.1. The van der Waals surface area contributed by atoms with Crippen LogP contribution in [0.3, 0.4) is 0 Å². The van der Waals surface area contributed by atoms with E-state index in [1.165, 1.54) is 0 Å². The highest BCUT2D eigenvalue weighted by Crippen LogP contribution is 2.34. The first-order chi connectivity index (χ1) is 12.5. The minimum atomic E-state index is -0.361. The molecule has 0 aromatic heterocycles. The number of nitriles is 1. The Bertz CT molecular complexity index is 965. The highest BCUT2D eigenvalue weighted by molar-refractivity contribution is 9.10. The van der Waals surface area contributed by atoms with Crippen molar-refractivity contribution in [3.8, 4) is 11.8 Å². The SMILES string of the molecule is COc1ccc(/C=C2/SC(=O)N(Cc3ccccc3C#N)C2=O)cc1Br. The van der Waals surface area contributed by atoms with E-state index in [0.717, 1.165) is 26.7 Å². The van der Waals surface area contributed by atoms with Gasteiger partial charge in [0.2, 0.25) is 0 Å². The topological polar surface area (TPSA) is 70.4 Å². The van der Waals surface area contributed by atoms with Crippen LogP contribution < -0.4 is 4.74 Å². The fourth-order valence-electron chi connectivity index (χ4n) is 2.50. The van der Waals surface area contributed by atoms with Crippen LogP contribution in [0, 0.1) is 11.3 Å². The molecule has 1 aliphatic rings. The van der Waals surface area contributed by atoms with Crippen molar-refractivity contribution < 1.29 is 14.3 Å². The molecule has 7 heteroatoms. The van der Waals surface area contributed by atoms with E-state index in [-0.39, 0.29) is 17.7 Å². The summed E-state index contributed by atoms with van der Waals surface area (Å²) in [5.41, 5.74) is 1.88. The molecule has 0 saturated carbocycles. The van der Waals surface area contributed by atoms with Crippen molar-refractivity contribution in [3.05, 3.63) is 68.5 Å². The van der Waals surface area contributed by atoms with E-state index >= 15 is 0 Å². The van der Waals surface area contributed by atoms with E-state index in [4.69, 9.17) is 4.74 Å². The summed E-state index contributed by atoms with van der Waals surface area (Å²) < 4.78 is 5.95. The maximum atomic E-state index is 12.6. The van der Waals surface area contributed by atoms with Crippen molar-refractivity contribution in [1.82, 2.24) is 4.90 Å². The molecule has 1 aliphatic heterocycles. The molecule has 26 heavy (non-hydrogen) atoms. The number of amides is 2. The molecule has 1 heterocycles.